The molecular formula is C21H27NOS. The zero-order valence-electron chi connectivity index (χ0n) is 14.8. The van der Waals surface area contributed by atoms with Gasteiger partial charge in [-0.3, -0.25) is 4.79 Å². The lowest BCUT2D eigenvalue weighted by atomic mass is 9.92. The molecule has 1 aliphatic rings. The summed E-state index contributed by atoms with van der Waals surface area (Å²) in [6.07, 6.45) is 6.29. The number of fused-ring (bicyclic) bond motifs is 1. The van der Waals surface area contributed by atoms with E-state index in [1.54, 1.807) is 0 Å². The van der Waals surface area contributed by atoms with Crippen LogP contribution in [0.15, 0.2) is 35.7 Å². The molecule has 3 rings (SSSR count). The van der Waals surface area contributed by atoms with E-state index in [0.29, 0.717) is 12.3 Å². The summed E-state index contributed by atoms with van der Waals surface area (Å²) in [6, 6.07) is 11.0. The Bertz CT molecular complexity index is 673. The predicted octanol–water partition coefficient (Wildman–Crippen LogP) is 5.50. The molecule has 0 saturated heterocycles. The number of amides is 1. The van der Waals surface area contributed by atoms with Crippen LogP contribution >= 0.6 is 11.3 Å². The average molecular weight is 342 g/mol. The van der Waals surface area contributed by atoms with Gasteiger partial charge in [0.25, 0.3) is 0 Å². The molecule has 1 aliphatic heterocycles. The Kier molecular flexibility index (Phi) is 5.72. The second-order valence-corrected chi connectivity index (χ2v) is 7.76. The first-order valence-electron chi connectivity index (χ1n) is 9.13. The van der Waals surface area contributed by atoms with Crippen molar-refractivity contribution in [2.75, 3.05) is 6.54 Å². The SMILES string of the molecule is CCCCCCC(=O)N1CCc2sccc2[C@H]1c1ccc(C)cc1. The highest BCUT2D eigenvalue weighted by Crippen LogP contribution is 2.38. The van der Waals surface area contributed by atoms with Gasteiger partial charge < -0.3 is 4.90 Å². The zero-order chi connectivity index (χ0) is 16.9. The molecule has 0 fully saturated rings. The minimum Gasteiger partial charge on any atom is -0.331 e. The van der Waals surface area contributed by atoms with Crippen LogP contribution in [0.5, 0.6) is 0 Å². The van der Waals surface area contributed by atoms with E-state index in [1.165, 1.54) is 34.4 Å². The van der Waals surface area contributed by atoms with Crippen LogP contribution in [0.4, 0.5) is 0 Å². The first-order chi connectivity index (χ1) is 11.7. The highest BCUT2D eigenvalue weighted by Gasteiger charge is 2.32. The minimum atomic E-state index is 0.0966. The number of aryl methyl sites for hydroxylation is 1. The number of unbranched alkanes of at least 4 members (excludes halogenated alkanes) is 3. The summed E-state index contributed by atoms with van der Waals surface area (Å²) in [6.45, 7) is 5.16. The molecule has 2 aromatic rings. The van der Waals surface area contributed by atoms with Crippen molar-refractivity contribution < 1.29 is 4.79 Å². The second-order valence-electron chi connectivity index (χ2n) is 6.76. The van der Waals surface area contributed by atoms with Crippen molar-refractivity contribution in [3.63, 3.8) is 0 Å². The molecule has 0 spiro atoms. The molecule has 3 heteroatoms. The van der Waals surface area contributed by atoms with Crippen molar-refractivity contribution in [1.29, 1.82) is 0 Å². The number of benzene rings is 1. The van der Waals surface area contributed by atoms with E-state index in [9.17, 15) is 4.79 Å². The molecule has 1 amide bonds. The lowest BCUT2D eigenvalue weighted by molar-refractivity contribution is -0.133. The van der Waals surface area contributed by atoms with Crippen molar-refractivity contribution in [2.24, 2.45) is 0 Å². The molecule has 0 saturated carbocycles. The predicted molar refractivity (Wildman–Crippen MR) is 102 cm³/mol. The molecule has 1 atom stereocenters. The monoisotopic (exact) mass is 341 g/mol. The Morgan fingerprint density at radius 2 is 1.96 bits per heavy atom. The number of hydrogen-bond acceptors (Lipinski definition) is 2. The van der Waals surface area contributed by atoms with E-state index >= 15 is 0 Å². The average Bonchev–Trinajstić information content (AvgIpc) is 3.07. The molecule has 0 bridgehead atoms. The third kappa shape index (κ3) is 3.72. The number of nitrogens with zero attached hydrogens (tertiary/aromatic N) is 1. The summed E-state index contributed by atoms with van der Waals surface area (Å²) in [5, 5.41) is 2.17. The first kappa shape index (κ1) is 17.2. The van der Waals surface area contributed by atoms with Gasteiger partial charge in [-0.15, -0.1) is 11.3 Å². The van der Waals surface area contributed by atoms with Crippen LogP contribution in [0.25, 0.3) is 0 Å². The van der Waals surface area contributed by atoms with E-state index in [-0.39, 0.29) is 6.04 Å². The van der Waals surface area contributed by atoms with E-state index < -0.39 is 0 Å². The third-order valence-electron chi connectivity index (χ3n) is 4.92. The van der Waals surface area contributed by atoms with Crippen LogP contribution in [0.2, 0.25) is 0 Å². The van der Waals surface area contributed by atoms with Gasteiger partial charge in [0.2, 0.25) is 5.91 Å². The van der Waals surface area contributed by atoms with Gasteiger partial charge in [0, 0.05) is 17.8 Å². The Balaban J connectivity index is 1.82. The molecule has 24 heavy (non-hydrogen) atoms. The molecule has 2 nitrogen and oxygen atoms in total. The highest BCUT2D eigenvalue weighted by molar-refractivity contribution is 7.10. The number of carbonyl (C=O) groups excluding carboxylic acids is 1. The fourth-order valence-electron chi connectivity index (χ4n) is 3.54. The first-order valence-corrected chi connectivity index (χ1v) is 10.0. The number of carbonyl (C=O) groups is 1. The largest absolute Gasteiger partial charge is 0.331 e. The molecule has 0 unspecified atom stereocenters. The molecule has 128 valence electrons. The fraction of sp³-hybridized carbons (Fsp3) is 0.476. The summed E-state index contributed by atoms with van der Waals surface area (Å²) >= 11 is 1.83. The highest BCUT2D eigenvalue weighted by atomic mass is 32.1. The smallest absolute Gasteiger partial charge is 0.223 e. The quantitative estimate of drug-likeness (QED) is 0.635. The topological polar surface area (TPSA) is 20.3 Å². The van der Waals surface area contributed by atoms with E-state index in [4.69, 9.17) is 0 Å². The summed E-state index contributed by atoms with van der Waals surface area (Å²) < 4.78 is 0. The van der Waals surface area contributed by atoms with Crippen LogP contribution in [-0.4, -0.2) is 17.4 Å². The Morgan fingerprint density at radius 3 is 2.71 bits per heavy atom. The van der Waals surface area contributed by atoms with Gasteiger partial charge in [-0.05, 0) is 42.3 Å². The van der Waals surface area contributed by atoms with Crippen LogP contribution < -0.4 is 0 Å². The molecule has 1 aromatic heterocycles. The van der Waals surface area contributed by atoms with Gasteiger partial charge >= 0.3 is 0 Å². The molecule has 0 N–H and O–H groups in total. The maximum Gasteiger partial charge on any atom is 0.223 e. The Morgan fingerprint density at radius 1 is 1.17 bits per heavy atom. The van der Waals surface area contributed by atoms with Gasteiger partial charge in [0.05, 0.1) is 6.04 Å². The lowest BCUT2D eigenvalue weighted by Crippen LogP contribution is -2.40. The molecular weight excluding hydrogens is 314 g/mol. The maximum absolute atomic E-state index is 12.9. The van der Waals surface area contributed by atoms with Gasteiger partial charge in [-0.2, -0.15) is 0 Å². The lowest BCUT2D eigenvalue weighted by Gasteiger charge is -2.36. The van der Waals surface area contributed by atoms with Crippen molar-refractivity contribution in [3.8, 4) is 0 Å². The fourth-order valence-corrected chi connectivity index (χ4v) is 4.44. The molecule has 2 heterocycles. The van der Waals surface area contributed by atoms with Crippen LogP contribution in [-0.2, 0) is 11.2 Å². The Labute approximate surface area is 149 Å². The summed E-state index contributed by atoms with van der Waals surface area (Å²) in [5.74, 6) is 0.313. The zero-order valence-corrected chi connectivity index (χ0v) is 15.6. The van der Waals surface area contributed by atoms with Crippen molar-refractivity contribution in [1.82, 2.24) is 4.90 Å². The van der Waals surface area contributed by atoms with Gasteiger partial charge in [-0.25, -0.2) is 0 Å². The summed E-state index contributed by atoms with van der Waals surface area (Å²) in [7, 11) is 0. The van der Waals surface area contributed by atoms with Crippen molar-refractivity contribution in [3.05, 3.63) is 57.3 Å². The second kappa shape index (κ2) is 7.98. The molecule has 0 radical (unpaired) electrons. The summed E-state index contributed by atoms with van der Waals surface area (Å²) in [4.78, 5) is 16.4. The maximum atomic E-state index is 12.9. The molecule has 1 aromatic carbocycles. The third-order valence-corrected chi connectivity index (χ3v) is 5.92. The van der Waals surface area contributed by atoms with Crippen LogP contribution in [0.3, 0.4) is 0 Å². The van der Waals surface area contributed by atoms with E-state index in [2.05, 4.69) is 54.5 Å². The number of hydrogen-bond donors (Lipinski definition) is 0. The van der Waals surface area contributed by atoms with Gasteiger partial charge in [0.15, 0.2) is 0 Å². The van der Waals surface area contributed by atoms with Crippen molar-refractivity contribution >= 4 is 17.2 Å². The summed E-state index contributed by atoms with van der Waals surface area (Å²) in [5.41, 5.74) is 3.83. The Hall–Kier alpha value is -1.61. The van der Waals surface area contributed by atoms with Gasteiger partial charge in [-0.1, -0.05) is 56.0 Å². The molecule has 0 aliphatic carbocycles. The van der Waals surface area contributed by atoms with E-state index in [0.717, 1.165) is 25.8 Å². The van der Waals surface area contributed by atoms with E-state index in [1.807, 2.05) is 11.3 Å². The normalized spacial score (nSPS) is 16.9. The van der Waals surface area contributed by atoms with Crippen LogP contribution in [0.1, 0.15) is 66.6 Å². The number of thiophene rings is 1. The van der Waals surface area contributed by atoms with Crippen molar-refractivity contribution in [2.45, 2.75) is 58.4 Å². The van der Waals surface area contributed by atoms with Crippen LogP contribution in [0, 0.1) is 6.92 Å². The standard InChI is InChI=1S/C21H27NOS/c1-3-4-5-6-7-20(23)22-14-12-19-18(13-15-24-19)21(22)17-10-8-16(2)9-11-17/h8-11,13,15,21H,3-7,12,14H2,1-2H3/t21-/m1/s1. The van der Waals surface area contributed by atoms with Gasteiger partial charge in [0.1, 0.15) is 0 Å². The number of rotatable bonds is 6. The minimum absolute atomic E-state index is 0.0966.